The van der Waals surface area contributed by atoms with Crippen LogP contribution in [0.1, 0.15) is 195 Å². The predicted octanol–water partition coefficient (Wildman–Crippen LogP) is 14.1. The summed E-state index contributed by atoms with van der Waals surface area (Å²) in [6.45, 7) is 16.9. The number of nitrogens with one attached hydrogen (secondary N) is 2. The van der Waals surface area contributed by atoms with Crippen LogP contribution < -0.4 is 62.7 Å². The molecule has 0 aliphatic carbocycles. The Morgan fingerprint density at radius 2 is 0.906 bits per heavy atom. The van der Waals surface area contributed by atoms with E-state index in [0.29, 0.717) is 99.5 Å². The van der Waals surface area contributed by atoms with E-state index in [1.54, 1.807) is 79.7 Å². The zero-order valence-electron chi connectivity index (χ0n) is 71.0. The number of benzene rings is 6. The van der Waals surface area contributed by atoms with Crippen LogP contribution >= 0.6 is 23.5 Å². The lowest BCUT2D eigenvalue weighted by atomic mass is 9.71. The number of carbonyl (C=O) groups is 5. The molecule has 4 saturated heterocycles. The van der Waals surface area contributed by atoms with E-state index in [1.165, 1.54) is 58.9 Å². The standard InChI is InChI=1S/C45H47F3N4O12S.C43H48N4O11S.4CH4/c1-19-11-22-12-24-25(15-49)52-26-16-59-40(54)44(23-14-27(57-7)28(13-21(23)9-10-50-44)62-42(56)64-43(3,4)5)17-65-39(33(52)32(51(24)6)29(22)34(53)35(19)58-8)31-30(26)38-37(60-18-61-38)20(2)36(31)63-41(55)45(46,47)48;1-19-11-22-12-24-25(15-44)47-26-16-54-40(50)43(23-14-27(52-7)28(13-21(23)9-10-45-43)57-41(51)58-42(3,4)5)17-59-39(31-30(26)38-37(55-18-56-38)20(2)34(31)48)33(47)32(46(24)6)29(22)35(49)36(19)53-8;;;;/h11,13-14,24-26,32-33,39,50,53H,9-10,12,16-18H2,1-8H3;11,13-14,24-26,32-33,39,45,48-49H,9-10,12,16-18H2,1-8H3;4*1H4/t24-,25-,26-,32+,33?,39+,44+;24-,25-,26-,32+,33?,39+,43+;;;;/m00..../s1. The number of methoxy groups -OCH3 is 4. The lowest BCUT2D eigenvalue weighted by Crippen LogP contribution is -2.69. The molecule has 2 spiro atoms. The highest BCUT2D eigenvalue weighted by Crippen LogP contribution is 2.68. The number of aromatic hydroxyl groups is 3. The molecule has 0 amide bonds. The number of phenolic OH excluding ortho intramolecular Hbond substituents is 3. The topological polar surface area (TPSA) is 369 Å². The van der Waals surface area contributed by atoms with E-state index in [9.17, 15) is 58.2 Å². The van der Waals surface area contributed by atoms with Gasteiger partial charge in [-0.05, 0) is 178 Å². The number of fused-ring (bicyclic) bond motifs is 18. The third kappa shape index (κ3) is 15.0. The molecule has 0 aromatic heterocycles. The molecule has 36 heteroatoms. The van der Waals surface area contributed by atoms with Gasteiger partial charge in [-0.2, -0.15) is 23.7 Å². The number of esters is 3. The lowest BCUT2D eigenvalue weighted by Gasteiger charge is -2.62. The van der Waals surface area contributed by atoms with Crippen LogP contribution in [0, 0.1) is 50.4 Å². The van der Waals surface area contributed by atoms with Crippen molar-refractivity contribution in [2.24, 2.45) is 0 Å². The Morgan fingerprint density at radius 3 is 1.30 bits per heavy atom. The summed E-state index contributed by atoms with van der Waals surface area (Å²) in [5.41, 5.74) is 4.30. The Labute approximate surface area is 750 Å². The maximum absolute atomic E-state index is 15.0. The fourth-order valence-corrected chi connectivity index (χ4v) is 24.4. The second-order valence-corrected chi connectivity index (χ2v) is 37.3. The van der Waals surface area contributed by atoms with Gasteiger partial charge in [0, 0.05) is 93.3 Å². The first-order valence-corrected chi connectivity index (χ1v) is 42.8. The molecule has 14 heterocycles. The molecule has 0 radical (unpaired) electrons. The normalized spacial score (nSPS) is 26.5. The van der Waals surface area contributed by atoms with E-state index < -0.39 is 136 Å². The van der Waals surface area contributed by atoms with Crippen molar-refractivity contribution in [2.75, 3.05) is 93.9 Å². The second kappa shape index (κ2) is 34.6. The number of likely N-dealkylation sites (N-methyl/N-ethyl adjacent to an activating group) is 2. The molecular weight excluding hydrogens is 1710 g/mol. The first kappa shape index (κ1) is 94.9. The van der Waals surface area contributed by atoms with E-state index in [2.05, 4.69) is 32.6 Å². The van der Waals surface area contributed by atoms with E-state index in [4.69, 9.17) is 71.1 Å². The molecule has 5 N–H and O–H groups in total. The van der Waals surface area contributed by atoms with Gasteiger partial charge in [0.25, 0.3) is 0 Å². The van der Waals surface area contributed by atoms with Crippen molar-refractivity contribution in [3.63, 3.8) is 0 Å². The van der Waals surface area contributed by atoms with Crippen LogP contribution in [0.4, 0.5) is 22.8 Å². The monoisotopic (exact) mass is 1820 g/mol. The molecule has 690 valence electrons. The third-order valence-corrected chi connectivity index (χ3v) is 28.9. The quantitative estimate of drug-likeness (QED) is 0.0429. The minimum atomic E-state index is -5.39. The summed E-state index contributed by atoms with van der Waals surface area (Å²) in [6, 6.07) is 8.85. The number of thioether (sulfide) groups is 2. The number of piperazine rings is 2. The highest BCUT2D eigenvalue weighted by Gasteiger charge is 2.65. The zero-order valence-corrected chi connectivity index (χ0v) is 72.7. The molecule has 14 aliphatic rings. The number of ether oxygens (including phenoxy) is 15. The minimum Gasteiger partial charge on any atom is -0.507 e. The summed E-state index contributed by atoms with van der Waals surface area (Å²) < 4.78 is 130. The average Bonchev–Trinajstić information content (AvgIpc) is 0.979. The Hall–Kier alpha value is -10.7. The van der Waals surface area contributed by atoms with Gasteiger partial charge in [-0.1, -0.05) is 41.8 Å². The Kier molecular flexibility index (Phi) is 25.7. The van der Waals surface area contributed by atoms with Crippen LogP contribution in [0.25, 0.3) is 0 Å². The van der Waals surface area contributed by atoms with Gasteiger partial charge in [0.2, 0.25) is 13.6 Å². The van der Waals surface area contributed by atoms with Gasteiger partial charge >= 0.3 is 36.4 Å². The number of aryl methyl sites for hydroxylation is 2. The number of phenols is 3. The number of rotatable bonds is 7. The van der Waals surface area contributed by atoms with E-state index in [0.717, 1.165) is 22.3 Å². The summed E-state index contributed by atoms with van der Waals surface area (Å²) in [5.74, 6) is -1.94. The Morgan fingerprint density at radius 1 is 0.508 bits per heavy atom. The highest BCUT2D eigenvalue weighted by atomic mass is 32.2. The molecule has 14 aliphatic heterocycles. The summed E-state index contributed by atoms with van der Waals surface area (Å²) in [4.78, 5) is 76.8. The van der Waals surface area contributed by atoms with Crippen molar-refractivity contribution in [3.8, 4) is 92.6 Å². The number of nitrogens with zero attached hydrogens (tertiary/aromatic N) is 6. The van der Waals surface area contributed by atoms with Crippen molar-refractivity contribution in [3.05, 3.63) is 125 Å². The van der Waals surface area contributed by atoms with Gasteiger partial charge in [-0.15, -0.1) is 23.5 Å². The first-order valence-electron chi connectivity index (χ1n) is 40.7. The highest BCUT2D eigenvalue weighted by molar-refractivity contribution is 7.99. The second-order valence-electron chi connectivity index (χ2n) is 35.0. The van der Waals surface area contributed by atoms with Crippen LogP contribution in [0.15, 0.2) is 36.4 Å². The summed E-state index contributed by atoms with van der Waals surface area (Å²) in [5, 5.41) is 64.1. The van der Waals surface area contributed by atoms with Crippen molar-refractivity contribution in [2.45, 2.75) is 224 Å². The van der Waals surface area contributed by atoms with Crippen molar-refractivity contribution in [1.82, 2.24) is 30.2 Å². The molecule has 6 aromatic carbocycles. The van der Waals surface area contributed by atoms with Crippen LogP contribution in [0.2, 0.25) is 0 Å². The number of carbonyl (C=O) groups excluding carboxylic acids is 5. The molecule has 31 nitrogen and oxygen atoms in total. The number of alkyl halides is 3. The van der Waals surface area contributed by atoms with Crippen molar-refractivity contribution < 1.29 is 124 Å². The average molecular weight is 1820 g/mol. The van der Waals surface area contributed by atoms with E-state index in [1.807, 2.05) is 43.0 Å². The number of nitriles is 2. The van der Waals surface area contributed by atoms with Crippen LogP contribution in [0.5, 0.6) is 80.5 Å². The molecular formula is C92H111F3N8O23S2. The summed E-state index contributed by atoms with van der Waals surface area (Å²) in [7, 11) is 9.63. The smallest absolute Gasteiger partial charge is 0.507 e. The molecule has 0 saturated carbocycles. The number of halogens is 3. The zero-order chi connectivity index (χ0) is 88.5. The molecule has 14 atom stereocenters. The molecule has 20 rings (SSSR count). The Bertz CT molecular complexity index is 5590. The van der Waals surface area contributed by atoms with Gasteiger partial charge in [-0.3, -0.25) is 30.2 Å². The first-order chi connectivity index (χ1) is 58.9. The van der Waals surface area contributed by atoms with Gasteiger partial charge in [-0.25, -0.2) is 24.0 Å². The summed E-state index contributed by atoms with van der Waals surface area (Å²) in [6.07, 6.45) is -5.53. The van der Waals surface area contributed by atoms with Crippen LogP contribution in [-0.4, -0.2) is 213 Å². The van der Waals surface area contributed by atoms with Crippen LogP contribution in [-0.2, 0) is 70.1 Å². The van der Waals surface area contributed by atoms with Crippen LogP contribution in [0.3, 0.4) is 0 Å². The van der Waals surface area contributed by atoms with Crippen molar-refractivity contribution in [1.29, 1.82) is 10.5 Å². The maximum Gasteiger partial charge on any atom is 0.514 e. The molecule has 128 heavy (non-hydrogen) atoms. The minimum absolute atomic E-state index is 0. The van der Waals surface area contributed by atoms with E-state index in [-0.39, 0.29) is 148 Å². The van der Waals surface area contributed by atoms with Crippen molar-refractivity contribution >= 4 is 53.7 Å². The third-order valence-electron chi connectivity index (χ3n) is 26.0. The Balaban J connectivity index is 0.000000213. The molecule has 8 bridgehead atoms. The largest absolute Gasteiger partial charge is 0.514 e. The maximum atomic E-state index is 15.0. The van der Waals surface area contributed by atoms with E-state index >= 15 is 4.79 Å². The molecule has 6 aromatic rings. The fourth-order valence-electron chi connectivity index (χ4n) is 21.0. The molecule has 2 unspecified atom stereocenters. The lowest BCUT2D eigenvalue weighted by molar-refractivity contribution is -0.189. The fraction of sp³-hybridized carbons (Fsp3) is 0.533. The van der Waals surface area contributed by atoms with Gasteiger partial charge in [0.05, 0.1) is 75.2 Å². The summed E-state index contributed by atoms with van der Waals surface area (Å²) >= 11 is 2.64. The SMILES string of the molecule is C.C.C.C.COc1cc2c(cc1OC(=O)OC(C)(C)C)CCN[C@]21CS[C@@H]2c3c(O)c(C)c4c(c3[C@H](COC1=O)N1C2[C@H]2c3c(cc(C)c(OC)c3O)C[C@@H]([C@@H]1C#N)N2C)OCO4.COc1cc2c(cc1OC(=O)OC(C)(C)C)CCN[C@]21CS[C@@H]2c3c(OC(=O)C(F)(F)F)c(C)c4c(c3[C@H](COC1=O)N1C2[C@H]2c3c(cc(C)c(OC)c3O)C[C@@H]([C@@H]1C#N)N2C)OCO4. The number of hydrogen-bond donors (Lipinski definition) is 5. The van der Waals surface area contributed by atoms with Gasteiger partial charge in [0.1, 0.15) is 48.0 Å². The van der Waals surface area contributed by atoms with Gasteiger partial charge in [0.15, 0.2) is 80.1 Å². The predicted molar refractivity (Wildman–Crippen MR) is 464 cm³/mol. The molecule has 4 fully saturated rings. The number of hydrogen-bond acceptors (Lipinski definition) is 33. The van der Waals surface area contributed by atoms with Gasteiger partial charge < -0.3 is 86.4 Å².